The first-order valence-electron chi connectivity index (χ1n) is 3.91. The summed E-state index contributed by atoms with van der Waals surface area (Å²) in [5.74, 6) is -0.289. The molecule has 0 unspecified atom stereocenters. The fourth-order valence-electron chi connectivity index (χ4n) is 0.731. The average Bonchev–Trinajstić information content (AvgIpc) is 2.19. The summed E-state index contributed by atoms with van der Waals surface area (Å²) in [6, 6.07) is 0. The van der Waals surface area contributed by atoms with Crippen LogP contribution < -0.4 is 0 Å². The van der Waals surface area contributed by atoms with Crippen molar-refractivity contribution in [3.63, 3.8) is 0 Å². The van der Waals surface area contributed by atoms with E-state index in [1.54, 1.807) is 7.11 Å². The molecule has 0 aromatic carbocycles. The zero-order valence-corrected chi connectivity index (χ0v) is 8.45. The van der Waals surface area contributed by atoms with Gasteiger partial charge in [0.1, 0.15) is 5.03 Å². The summed E-state index contributed by atoms with van der Waals surface area (Å²) in [5.41, 5.74) is -0.0407. The van der Waals surface area contributed by atoms with Gasteiger partial charge in [-0.15, -0.1) is 11.8 Å². The van der Waals surface area contributed by atoms with Crippen molar-refractivity contribution in [3.8, 4) is 0 Å². The van der Waals surface area contributed by atoms with Crippen LogP contribution in [0.1, 0.15) is 10.5 Å². The molecule has 0 amide bonds. The Balaban J connectivity index is 2.51. The van der Waals surface area contributed by atoms with Crippen molar-refractivity contribution < 1.29 is 14.6 Å². The van der Waals surface area contributed by atoms with Crippen LogP contribution in [-0.2, 0) is 4.74 Å². The first kappa shape index (κ1) is 10.9. The minimum Gasteiger partial charge on any atom is -0.476 e. The van der Waals surface area contributed by atoms with Crippen LogP contribution in [0.3, 0.4) is 0 Å². The Morgan fingerprint density at radius 1 is 1.57 bits per heavy atom. The van der Waals surface area contributed by atoms with E-state index in [4.69, 9.17) is 9.84 Å². The Morgan fingerprint density at radius 2 is 2.36 bits per heavy atom. The molecule has 0 radical (unpaired) electrons. The zero-order valence-electron chi connectivity index (χ0n) is 7.64. The van der Waals surface area contributed by atoms with Crippen LogP contribution in [0.15, 0.2) is 17.4 Å². The van der Waals surface area contributed by atoms with E-state index in [1.807, 2.05) is 0 Å². The monoisotopic (exact) mass is 214 g/mol. The van der Waals surface area contributed by atoms with Crippen LogP contribution in [-0.4, -0.2) is 40.5 Å². The molecule has 0 saturated carbocycles. The molecular weight excluding hydrogens is 204 g/mol. The lowest BCUT2D eigenvalue weighted by atomic mass is 10.5. The standard InChI is InChI=1S/C8H10N2O3S/c1-13-2-3-14-7-5-9-6(4-10-7)8(11)12/h4-5H,2-3H2,1H3,(H,11,12). The number of hydrogen-bond acceptors (Lipinski definition) is 5. The third-order valence-corrected chi connectivity index (χ3v) is 2.26. The molecule has 0 fully saturated rings. The zero-order chi connectivity index (χ0) is 10.4. The van der Waals surface area contributed by atoms with Crippen LogP contribution >= 0.6 is 11.8 Å². The number of carboxylic acid groups (broad SMARTS) is 1. The molecule has 0 aliphatic rings. The van der Waals surface area contributed by atoms with Crippen LogP contribution in [0.25, 0.3) is 0 Å². The van der Waals surface area contributed by atoms with E-state index in [0.29, 0.717) is 11.6 Å². The maximum absolute atomic E-state index is 10.4. The summed E-state index contributed by atoms with van der Waals surface area (Å²) in [4.78, 5) is 18.1. The molecule has 5 nitrogen and oxygen atoms in total. The molecule has 0 aliphatic carbocycles. The SMILES string of the molecule is COCCSc1cnc(C(=O)O)cn1. The second-order valence-electron chi connectivity index (χ2n) is 2.39. The summed E-state index contributed by atoms with van der Waals surface area (Å²) in [5, 5.41) is 9.26. The van der Waals surface area contributed by atoms with Crippen molar-refractivity contribution >= 4 is 17.7 Å². The molecule has 76 valence electrons. The van der Waals surface area contributed by atoms with E-state index >= 15 is 0 Å². The highest BCUT2D eigenvalue weighted by atomic mass is 32.2. The minimum absolute atomic E-state index is 0.0407. The number of ether oxygens (including phenoxy) is 1. The Kier molecular flexibility index (Phi) is 4.34. The number of methoxy groups -OCH3 is 1. The first-order valence-corrected chi connectivity index (χ1v) is 4.89. The van der Waals surface area contributed by atoms with Gasteiger partial charge in [-0.3, -0.25) is 0 Å². The third kappa shape index (κ3) is 3.31. The number of carboxylic acids is 1. The molecule has 0 spiro atoms. The lowest BCUT2D eigenvalue weighted by Gasteiger charge is -1.99. The van der Waals surface area contributed by atoms with Crippen LogP contribution in [0.4, 0.5) is 0 Å². The van der Waals surface area contributed by atoms with Crippen molar-refractivity contribution in [2.45, 2.75) is 5.03 Å². The Labute approximate surface area is 85.5 Å². The second-order valence-corrected chi connectivity index (χ2v) is 3.50. The van der Waals surface area contributed by atoms with Crippen LogP contribution in [0.2, 0.25) is 0 Å². The molecule has 0 bridgehead atoms. The molecule has 0 atom stereocenters. The van der Waals surface area contributed by atoms with E-state index in [2.05, 4.69) is 9.97 Å². The van der Waals surface area contributed by atoms with E-state index in [1.165, 1.54) is 24.2 Å². The predicted octanol–water partition coefficient (Wildman–Crippen LogP) is 0.913. The number of carbonyl (C=O) groups is 1. The van der Waals surface area contributed by atoms with Crippen molar-refractivity contribution in [1.29, 1.82) is 0 Å². The smallest absolute Gasteiger partial charge is 0.356 e. The lowest BCUT2D eigenvalue weighted by molar-refractivity contribution is 0.0689. The lowest BCUT2D eigenvalue weighted by Crippen LogP contribution is -2.01. The summed E-state index contributed by atoms with van der Waals surface area (Å²) in [7, 11) is 1.62. The normalized spacial score (nSPS) is 10.1. The van der Waals surface area contributed by atoms with Crippen molar-refractivity contribution in [3.05, 3.63) is 18.1 Å². The predicted molar refractivity (Wildman–Crippen MR) is 51.6 cm³/mol. The number of nitrogens with zero attached hydrogens (tertiary/aromatic N) is 2. The summed E-state index contributed by atoms with van der Waals surface area (Å²) in [6.07, 6.45) is 2.70. The first-order chi connectivity index (χ1) is 6.74. The van der Waals surface area contributed by atoms with E-state index in [-0.39, 0.29) is 5.69 Å². The van der Waals surface area contributed by atoms with Gasteiger partial charge in [-0.1, -0.05) is 0 Å². The molecule has 14 heavy (non-hydrogen) atoms. The van der Waals surface area contributed by atoms with E-state index in [0.717, 1.165) is 5.75 Å². The molecule has 6 heteroatoms. The van der Waals surface area contributed by atoms with Gasteiger partial charge >= 0.3 is 5.97 Å². The number of rotatable bonds is 5. The second kappa shape index (κ2) is 5.56. The Morgan fingerprint density at radius 3 is 2.86 bits per heavy atom. The summed E-state index contributed by atoms with van der Waals surface area (Å²) < 4.78 is 4.86. The molecule has 0 aliphatic heterocycles. The van der Waals surface area contributed by atoms with Gasteiger partial charge in [0.05, 0.1) is 19.0 Å². The molecule has 1 aromatic heterocycles. The molecule has 1 N–H and O–H groups in total. The van der Waals surface area contributed by atoms with E-state index in [9.17, 15) is 4.79 Å². The average molecular weight is 214 g/mol. The van der Waals surface area contributed by atoms with Gasteiger partial charge in [0.15, 0.2) is 5.69 Å². The highest BCUT2D eigenvalue weighted by Gasteiger charge is 2.04. The van der Waals surface area contributed by atoms with Crippen molar-refractivity contribution in [2.75, 3.05) is 19.5 Å². The van der Waals surface area contributed by atoms with Gasteiger partial charge in [-0.05, 0) is 0 Å². The minimum atomic E-state index is -1.06. The van der Waals surface area contributed by atoms with Gasteiger partial charge in [0.25, 0.3) is 0 Å². The highest BCUT2D eigenvalue weighted by molar-refractivity contribution is 7.99. The molecular formula is C8H10N2O3S. The fourth-order valence-corrected chi connectivity index (χ4v) is 1.44. The van der Waals surface area contributed by atoms with Gasteiger partial charge < -0.3 is 9.84 Å². The highest BCUT2D eigenvalue weighted by Crippen LogP contribution is 2.12. The van der Waals surface area contributed by atoms with Crippen LogP contribution in [0, 0.1) is 0 Å². The Hall–Kier alpha value is -1.14. The maximum atomic E-state index is 10.4. The third-order valence-electron chi connectivity index (χ3n) is 1.38. The maximum Gasteiger partial charge on any atom is 0.356 e. The number of aromatic nitrogens is 2. The van der Waals surface area contributed by atoms with Gasteiger partial charge in [-0.25, -0.2) is 14.8 Å². The molecule has 1 aromatic rings. The van der Waals surface area contributed by atoms with Gasteiger partial charge in [-0.2, -0.15) is 0 Å². The molecule has 0 saturated heterocycles. The summed E-state index contributed by atoms with van der Waals surface area (Å²) >= 11 is 1.47. The quantitative estimate of drug-likeness (QED) is 0.580. The van der Waals surface area contributed by atoms with Crippen LogP contribution in [0.5, 0.6) is 0 Å². The molecule has 1 heterocycles. The fraction of sp³-hybridized carbons (Fsp3) is 0.375. The Bertz CT molecular complexity index is 302. The van der Waals surface area contributed by atoms with Gasteiger partial charge in [0.2, 0.25) is 0 Å². The van der Waals surface area contributed by atoms with Crippen molar-refractivity contribution in [2.24, 2.45) is 0 Å². The number of hydrogen-bond donors (Lipinski definition) is 1. The van der Waals surface area contributed by atoms with E-state index < -0.39 is 5.97 Å². The molecule has 1 rings (SSSR count). The number of aromatic carboxylic acids is 1. The van der Waals surface area contributed by atoms with Crippen molar-refractivity contribution in [1.82, 2.24) is 9.97 Å². The summed E-state index contributed by atoms with van der Waals surface area (Å²) in [6.45, 7) is 0.632. The largest absolute Gasteiger partial charge is 0.476 e. The van der Waals surface area contributed by atoms with Gasteiger partial charge in [0, 0.05) is 12.9 Å². The number of thioether (sulfide) groups is 1. The topological polar surface area (TPSA) is 72.3 Å².